The van der Waals surface area contributed by atoms with Crippen LogP contribution < -0.4 is 10.1 Å². The van der Waals surface area contributed by atoms with Crippen molar-refractivity contribution in [1.82, 2.24) is 4.83 Å². The summed E-state index contributed by atoms with van der Waals surface area (Å²) in [5.41, 5.74) is 5.76. The predicted molar refractivity (Wildman–Crippen MR) is 129 cm³/mol. The van der Waals surface area contributed by atoms with Crippen molar-refractivity contribution in [2.75, 3.05) is 5.32 Å². The molecule has 0 radical (unpaired) electrons. The summed E-state index contributed by atoms with van der Waals surface area (Å²) in [7, 11) is -3.79. The molecule has 6 nitrogen and oxygen atoms in total. The van der Waals surface area contributed by atoms with Crippen molar-refractivity contribution < 1.29 is 13.2 Å². The number of benzene rings is 3. The second kappa shape index (κ2) is 9.36. The minimum atomic E-state index is -3.79. The quantitative estimate of drug-likeness (QED) is 0.415. The van der Waals surface area contributed by atoms with Gasteiger partial charge in [0, 0.05) is 11.3 Å². The lowest BCUT2D eigenvalue weighted by Crippen LogP contribution is -2.22. The molecule has 0 aromatic heterocycles. The number of carbonyl (C=O) groups is 1. The maximum absolute atomic E-state index is 12.8. The molecule has 2 N–H and O–H groups in total. The van der Waals surface area contributed by atoms with Crippen LogP contribution in [0, 0.1) is 27.7 Å². The number of nitrogens with zero attached hydrogens (tertiary/aromatic N) is 1. The topological polar surface area (TPSA) is 87.6 Å². The summed E-state index contributed by atoms with van der Waals surface area (Å²) < 4.78 is 25.6. The van der Waals surface area contributed by atoms with E-state index in [-0.39, 0.29) is 10.8 Å². The first-order valence-corrected chi connectivity index (χ1v) is 11.7. The summed E-state index contributed by atoms with van der Waals surface area (Å²) in [6, 6.07) is 18.1. The highest BCUT2D eigenvalue weighted by atomic mass is 32.2. The molecule has 0 heterocycles. The Bertz CT molecular complexity index is 1270. The van der Waals surface area contributed by atoms with E-state index in [1.807, 2.05) is 44.2 Å². The van der Waals surface area contributed by atoms with Gasteiger partial charge in [-0.2, -0.15) is 18.4 Å². The Hall–Kier alpha value is -3.45. The molecule has 3 aromatic rings. The minimum absolute atomic E-state index is 0.183. The van der Waals surface area contributed by atoms with Gasteiger partial charge in [0.15, 0.2) is 0 Å². The average molecular weight is 450 g/mol. The molecule has 32 heavy (non-hydrogen) atoms. The molecule has 0 spiro atoms. The van der Waals surface area contributed by atoms with Crippen molar-refractivity contribution in [1.29, 1.82) is 0 Å². The van der Waals surface area contributed by atoms with Gasteiger partial charge in [-0.15, -0.1) is 0 Å². The Balaban J connectivity index is 1.74. The van der Waals surface area contributed by atoms with Gasteiger partial charge in [0.25, 0.3) is 15.9 Å². The number of rotatable bonds is 6. The highest BCUT2D eigenvalue weighted by molar-refractivity contribution is 7.89. The zero-order valence-electron chi connectivity index (χ0n) is 18.9. The fourth-order valence-electron chi connectivity index (χ4n) is 3.65. The van der Waals surface area contributed by atoms with Gasteiger partial charge in [-0.1, -0.05) is 48.0 Å². The highest BCUT2D eigenvalue weighted by Crippen LogP contribution is 2.21. The number of anilines is 1. The van der Waals surface area contributed by atoms with Crippen LogP contribution in [0.5, 0.6) is 0 Å². The van der Waals surface area contributed by atoms with Gasteiger partial charge in [0.1, 0.15) is 0 Å². The van der Waals surface area contributed by atoms with Crippen molar-refractivity contribution in [2.45, 2.75) is 39.5 Å². The van der Waals surface area contributed by atoms with E-state index in [0.29, 0.717) is 28.1 Å². The maximum atomic E-state index is 12.8. The van der Waals surface area contributed by atoms with Crippen LogP contribution in [0.4, 0.5) is 5.69 Å². The van der Waals surface area contributed by atoms with Gasteiger partial charge < -0.3 is 5.32 Å². The van der Waals surface area contributed by atoms with Crippen molar-refractivity contribution in [2.24, 2.45) is 5.10 Å². The van der Waals surface area contributed by atoms with Crippen LogP contribution in [0.1, 0.15) is 45.1 Å². The smallest absolute Gasteiger partial charge is 0.277 e. The van der Waals surface area contributed by atoms with E-state index in [1.54, 1.807) is 51.1 Å². The molecule has 0 fully saturated rings. The summed E-state index contributed by atoms with van der Waals surface area (Å²) in [4.78, 5) is 15.0. The molecule has 7 heteroatoms. The lowest BCUT2D eigenvalue weighted by atomic mass is 10.1. The summed E-state index contributed by atoms with van der Waals surface area (Å²) >= 11 is 0. The molecule has 0 aliphatic heterocycles. The van der Waals surface area contributed by atoms with E-state index < -0.39 is 10.0 Å². The third-order valence-electron chi connectivity index (χ3n) is 5.16. The summed E-state index contributed by atoms with van der Waals surface area (Å²) in [5.74, 6) is -0.183. The van der Waals surface area contributed by atoms with Crippen LogP contribution in [0.3, 0.4) is 0 Å². The molecule has 0 saturated heterocycles. The van der Waals surface area contributed by atoms with E-state index >= 15 is 0 Å². The van der Waals surface area contributed by atoms with E-state index in [0.717, 1.165) is 16.7 Å². The third kappa shape index (κ3) is 5.23. The van der Waals surface area contributed by atoms with Gasteiger partial charge in [-0.3, -0.25) is 4.79 Å². The Kier molecular flexibility index (Phi) is 6.79. The number of hydrogen-bond acceptors (Lipinski definition) is 4. The van der Waals surface area contributed by atoms with Gasteiger partial charge >= 0.3 is 0 Å². The molecule has 0 bridgehead atoms. The summed E-state index contributed by atoms with van der Waals surface area (Å²) in [6.45, 7) is 9.08. The number of aryl methyl sites for hydroxylation is 4. The first-order valence-electron chi connectivity index (χ1n) is 10.2. The average Bonchev–Trinajstić information content (AvgIpc) is 2.72. The fraction of sp³-hybridized carbons (Fsp3) is 0.200. The van der Waals surface area contributed by atoms with Crippen LogP contribution in [-0.2, 0) is 10.0 Å². The predicted octanol–water partition coefficient (Wildman–Crippen LogP) is 4.88. The van der Waals surface area contributed by atoms with E-state index in [1.165, 1.54) is 0 Å². The lowest BCUT2D eigenvalue weighted by molar-refractivity contribution is 0.102. The standard InChI is InChI=1S/C25H27N3O3S/c1-16-14-18(3)24(19(4)15-16)32(30,31)28-27-20(5)21-10-12-22(13-11-21)26-25(29)23-9-7-6-8-17(23)2/h6-15,28H,1-5H3,(H,26,29)/b27-20-. The third-order valence-corrected chi connectivity index (χ3v) is 6.67. The van der Waals surface area contributed by atoms with Crippen molar-refractivity contribution in [3.05, 3.63) is 94.0 Å². The van der Waals surface area contributed by atoms with Crippen LogP contribution >= 0.6 is 0 Å². The van der Waals surface area contributed by atoms with Gasteiger partial charge in [0.2, 0.25) is 0 Å². The lowest BCUT2D eigenvalue weighted by Gasteiger charge is -2.12. The van der Waals surface area contributed by atoms with Crippen LogP contribution in [0.2, 0.25) is 0 Å². The van der Waals surface area contributed by atoms with Gasteiger partial charge in [0.05, 0.1) is 10.6 Å². The number of hydrogen-bond donors (Lipinski definition) is 2. The number of amides is 1. The molecule has 0 aliphatic rings. The molecule has 0 unspecified atom stereocenters. The monoisotopic (exact) mass is 449 g/mol. The minimum Gasteiger partial charge on any atom is -0.322 e. The van der Waals surface area contributed by atoms with Crippen LogP contribution in [0.25, 0.3) is 0 Å². The molecular formula is C25H27N3O3S. The van der Waals surface area contributed by atoms with E-state index in [9.17, 15) is 13.2 Å². The normalized spacial score (nSPS) is 11.8. The largest absolute Gasteiger partial charge is 0.322 e. The van der Waals surface area contributed by atoms with Crippen molar-refractivity contribution >= 4 is 27.3 Å². The van der Waals surface area contributed by atoms with Crippen molar-refractivity contribution in [3.8, 4) is 0 Å². The van der Waals surface area contributed by atoms with Gasteiger partial charge in [-0.05, 0) is 75.1 Å². The molecular weight excluding hydrogens is 422 g/mol. The number of carbonyl (C=O) groups excluding carboxylic acids is 1. The zero-order valence-corrected chi connectivity index (χ0v) is 19.7. The van der Waals surface area contributed by atoms with Gasteiger partial charge in [-0.25, -0.2) is 0 Å². The van der Waals surface area contributed by atoms with Crippen LogP contribution in [0.15, 0.2) is 70.7 Å². The highest BCUT2D eigenvalue weighted by Gasteiger charge is 2.19. The molecule has 0 saturated carbocycles. The van der Waals surface area contributed by atoms with Crippen molar-refractivity contribution in [3.63, 3.8) is 0 Å². The summed E-state index contributed by atoms with van der Waals surface area (Å²) in [6.07, 6.45) is 0. The van der Waals surface area contributed by atoms with Crippen LogP contribution in [-0.4, -0.2) is 20.0 Å². The summed E-state index contributed by atoms with van der Waals surface area (Å²) in [5, 5.41) is 6.96. The molecule has 166 valence electrons. The maximum Gasteiger partial charge on any atom is 0.277 e. The second-order valence-electron chi connectivity index (χ2n) is 7.87. The molecule has 3 aromatic carbocycles. The number of sulfonamides is 1. The number of hydrazone groups is 1. The first-order chi connectivity index (χ1) is 15.1. The molecule has 0 atom stereocenters. The van der Waals surface area contributed by atoms with E-state index in [2.05, 4.69) is 15.2 Å². The Morgan fingerprint density at radius 2 is 1.44 bits per heavy atom. The Labute approximate surface area is 189 Å². The van der Waals surface area contributed by atoms with E-state index in [4.69, 9.17) is 0 Å². The number of nitrogens with one attached hydrogen (secondary N) is 2. The second-order valence-corrected chi connectivity index (χ2v) is 9.46. The Morgan fingerprint density at radius 3 is 2.03 bits per heavy atom. The molecule has 0 aliphatic carbocycles. The SMILES string of the molecule is C/C(=N/NS(=O)(=O)c1c(C)cc(C)cc1C)c1ccc(NC(=O)c2ccccc2C)cc1. The molecule has 3 rings (SSSR count). The Morgan fingerprint density at radius 1 is 0.844 bits per heavy atom. The fourth-order valence-corrected chi connectivity index (χ4v) is 4.96. The first kappa shape index (κ1) is 23.2. The molecule has 1 amide bonds. The zero-order chi connectivity index (χ0) is 23.5.